The van der Waals surface area contributed by atoms with E-state index < -0.39 is 0 Å². The van der Waals surface area contributed by atoms with Gasteiger partial charge >= 0.3 is 5.97 Å². The van der Waals surface area contributed by atoms with Crippen molar-refractivity contribution in [2.45, 2.75) is 26.8 Å². The van der Waals surface area contributed by atoms with Gasteiger partial charge < -0.3 is 4.74 Å². The van der Waals surface area contributed by atoms with Crippen molar-refractivity contribution in [2.75, 3.05) is 6.61 Å². The fourth-order valence-electron chi connectivity index (χ4n) is 0.649. The molecule has 0 aliphatic rings. The van der Waals surface area contributed by atoms with E-state index in [1.54, 1.807) is 0 Å². The van der Waals surface area contributed by atoms with Gasteiger partial charge in [0.1, 0.15) is 6.61 Å². The number of isocyanates is 1. The second kappa shape index (κ2) is 5.49. The molecule has 12 heavy (non-hydrogen) atoms. The van der Waals surface area contributed by atoms with Crippen LogP contribution in [0.5, 0.6) is 0 Å². The Bertz CT molecular complexity index is 194. The van der Waals surface area contributed by atoms with Crippen LogP contribution < -0.4 is 0 Å². The second-order valence-corrected chi connectivity index (χ2v) is 2.83. The molecule has 0 saturated heterocycles. The molecule has 0 heterocycles. The predicted molar refractivity (Wildman–Crippen MR) is 43.4 cm³/mol. The molecule has 0 amide bonds. The van der Waals surface area contributed by atoms with Crippen LogP contribution in [0.2, 0.25) is 0 Å². The average Bonchev–Trinajstić information content (AvgIpc) is 1.96. The highest BCUT2D eigenvalue weighted by Crippen LogP contribution is 2.05. The lowest BCUT2D eigenvalue weighted by molar-refractivity contribution is -0.141. The van der Waals surface area contributed by atoms with Gasteiger partial charge in [0.15, 0.2) is 0 Å². The quantitative estimate of drug-likeness (QED) is 0.359. The molecule has 68 valence electrons. The summed E-state index contributed by atoms with van der Waals surface area (Å²) in [5.74, 6) is -0.187. The van der Waals surface area contributed by atoms with Crippen LogP contribution in [0.25, 0.3) is 0 Å². The van der Waals surface area contributed by atoms with Gasteiger partial charge in [-0.3, -0.25) is 4.79 Å². The van der Waals surface area contributed by atoms with E-state index in [1.807, 2.05) is 13.8 Å². The third-order valence-electron chi connectivity index (χ3n) is 1.45. The largest absolute Gasteiger partial charge is 0.464 e. The third-order valence-corrected chi connectivity index (χ3v) is 1.45. The topological polar surface area (TPSA) is 55.7 Å². The van der Waals surface area contributed by atoms with Crippen LogP contribution in [0.4, 0.5) is 0 Å². The number of rotatable bonds is 4. The number of carbonyl (C=O) groups excluding carboxylic acids is 2. The Kier molecular flexibility index (Phi) is 4.97. The Morgan fingerprint density at radius 2 is 2.17 bits per heavy atom. The Morgan fingerprint density at radius 1 is 1.58 bits per heavy atom. The minimum absolute atomic E-state index is 0.155. The molecule has 1 atom stereocenters. The molecule has 0 spiro atoms. The lowest BCUT2D eigenvalue weighted by atomic mass is 10.1. The SMILES string of the molecule is CC(=O)OC[C@H](N=C=O)C(C)C. The first kappa shape index (κ1) is 10.8. The number of aliphatic imine (C=N–C) groups is 1. The molecule has 0 aromatic carbocycles. The Hall–Kier alpha value is -1.15. The van der Waals surface area contributed by atoms with E-state index >= 15 is 0 Å². The molecule has 0 saturated carbocycles. The van der Waals surface area contributed by atoms with E-state index in [9.17, 15) is 9.59 Å². The van der Waals surface area contributed by atoms with Crippen LogP contribution in [0, 0.1) is 5.92 Å². The molecule has 0 aliphatic heterocycles. The first-order valence-electron chi connectivity index (χ1n) is 3.78. The van der Waals surface area contributed by atoms with Crippen LogP contribution >= 0.6 is 0 Å². The zero-order valence-corrected chi connectivity index (χ0v) is 7.53. The van der Waals surface area contributed by atoms with E-state index in [2.05, 4.69) is 4.99 Å². The molecule has 0 aromatic rings. The number of nitrogens with zero attached hydrogens (tertiary/aromatic N) is 1. The number of carbonyl (C=O) groups is 1. The summed E-state index contributed by atoms with van der Waals surface area (Å²) >= 11 is 0. The smallest absolute Gasteiger partial charge is 0.302 e. The molecule has 0 aromatic heterocycles. The molecule has 0 rings (SSSR count). The highest BCUT2D eigenvalue weighted by Gasteiger charge is 2.12. The number of hydrogen-bond acceptors (Lipinski definition) is 4. The summed E-state index contributed by atoms with van der Waals surface area (Å²) in [6.07, 6.45) is 1.46. The second-order valence-electron chi connectivity index (χ2n) is 2.83. The molecule has 0 N–H and O–H groups in total. The number of esters is 1. The van der Waals surface area contributed by atoms with Crippen LogP contribution in [-0.4, -0.2) is 24.7 Å². The fourth-order valence-corrected chi connectivity index (χ4v) is 0.649. The van der Waals surface area contributed by atoms with Gasteiger partial charge in [-0.2, -0.15) is 4.99 Å². The molecular weight excluding hydrogens is 158 g/mol. The molecule has 0 bridgehead atoms. The van der Waals surface area contributed by atoms with Crippen molar-refractivity contribution in [1.29, 1.82) is 0 Å². The molecule has 4 nitrogen and oxygen atoms in total. The summed E-state index contributed by atoms with van der Waals surface area (Å²) in [5, 5.41) is 0. The number of ether oxygens (including phenoxy) is 1. The highest BCUT2D eigenvalue weighted by molar-refractivity contribution is 5.65. The van der Waals surface area contributed by atoms with Crippen molar-refractivity contribution >= 4 is 12.0 Å². The van der Waals surface area contributed by atoms with Crippen molar-refractivity contribution in [3.63, 3.8) is 0 Å². The maximum Gasteiger partial charge on any atom is 0.302 e. The van der Waals surface area contributed by atoms with E-state index in [0.717, 1.165) is 0 Å². The first-order valence-corrected chi connectivity index (χ1v) is 3.78. The third kappa shape index (κ3) is 4.63. The fraction of sp³-hybridized carbons (Fsp3) is 0.750. The van der Waals surface area contributed by atoms with Gasteiger partial charge in [-0.05, 0) is 5.92 Å². The first-order chi connectivity index (χ1) is 5.57. The van der Waals surface area contributed by atoms with Gasteiger partial charge in [-0.25, -0.2) is 4.79 Å². The van der Waals surface area contributed by atoms with Crippen molar-refractivity contribution in [1.82, 2.24) is 0 Å². The van der Waals surface area contributed by atoms with Crippen molar-refractivity contribution < 1.29 is 14.3 Å². The summed E-state index contributed by atoms with van der Waals surface area (Å²) in [6, 6.07) is -0.272. The Morgan fingerprint density at radius 3 is 2.50 bits per heavy atom. The summed E-state index contributed by atoms with van der Waals surface area (Å²) in [5.41, 5.74) is 0. The predicted octanol–water partition coefficient (Wildman–Crippen LogP) is 0.910. The molecule has 0 unspecified atom stereocenters. The molecule has 4 heteroatoms. The zero-order chi connectivity index (χ0) is 9.56. The zero-order valence-electron chi connectivity index (χ0n) is 7.53. The number of hydrogen-bond donors (Lipinski definition) is 0. The van der Waals surface area contributed by atoms with Gasteiger partial charge in [-0.1, -0.05) is 13.8 Å². The lowest BCUT2D eigenvalue weighted by Gasteiger charge is -2.13. The van der Waals surface area contributed by atoms with E-state index in [1.165, 1.54) is 13.0 Å². The van der Waals surface area contributed by atoms with E-state index in [-0.39, 0.29) is 24.5 Å². The highest BCUT2D eigenvalue weighted by atomic mass is 16.5. The van der Waals surface area contributed by atoms with Crippen LogP contribution in [0.1, 0.15) is 20.8 Å². The summed E-state index contributed by atoms with van der Waals surface area (Å²) in [7, 11) is 0. The Balaban J connectivity index is 3.96. The summed E-state index contributed by atoms with van der Waals surface area (Å²) in [4.78, 5) is 23.9. The van der Waals surface area contributed by atoms with Crippen LogP contribution in [-0.2, 0) is 14.3 Å². The lowest BCUT2D eigenvalue weighted by Crippen LogP contribution is -2.21. The van der Waals surface area contributed by atoms with Gasteiger partial charge in [0.2, 0.25) is 6.08 Å². The van der Waals surface area contributed by atoms with Crippen molar-refractivity contribution in [3.8, 4) is 0 Å². The van der Waals surface area contributed by atoms with Gasteiger partial charge in [0, 0.05) is 6.92 Å². The van der Waals surface area contributed by atoms with Gasteiger partial charge in [-0.15, -0.1) is 0 Å². The van der Waals surface area contributed by atoms with E-state index in [0.29, 0.717) is 0 Å². The summed E-state index contributed by atoms with van der Waals surface area (Å²) in [6.45, 7) is 5.27. The maximum absolute atomic E-state index is 10.4. The molecule has 0 radical (unpaired) electrons. The molecule has 0 aliphatic carbocycles. The Labute approximate surface area is 71.6 Å². The summed E-state index contributed by atoms with van der Waals surface area (Å²) < 4.78 is 4.71. The van der Waals surface area contributed by atoms with Crippen LogP contribution in [0.3, 0.4) is 0 Å². The molecule has 0 fully saturated rings. The van der Waals surface area contributed by atoms with Crippen LogP contribution in [0.15, 0.2) is 4.99 Å². The minimum atomic E-state index is -0.359. The maximum atomic E-state index is 10.4. The van der Waals surface area contributed by atoms with Gasteiger partial charge in [0.05, 0.1) is 6.04 Å². The van der Waals surface area contributed by atoms with Crippen molar-refractivity contribution in [2.24, 2.45) is 10.9 Å². The average molecular weight is 171 g/mol. The monoisotopic (exact) mass is 171 g/mol. The van der Waals surface area contributed by atoms with E-state index in [4.69, 9.17) is 4.74 Å². The minimum Gasteiger partial charge on any atom is -0.464 e. The van der Waals surface area contributed by atoms with Crippen molar-refractivity contribution in [3.05, 3.63) is 0 Å². The normalized spacial score (nSPS) is 12.0. The standard InChI is InChI=1S/C8H13NO3/c1-6(2)8(9-5-10)4-12-7(3)11/h6,8H,4H2,1-3H3/t8-/m0/s1. The van der Waals surface area contributed by atoms with Gasteiger partial charge in [0.25, 0.3) is 0 Å². The molecular formula is C8H13NO3.